The molecule has 0 aliphatic carbocycles. The number of piperazine rings is 1. The summed E-state index contributed by atoms with van der Waals surface area (Å²) < 4.78 is 94.2. The van der Waals surface area contributed by atoms with Crippen LogP contribution in [-0.4, -0.2) is 96.0 Å². The minimum Gasteiger partial charge on any atom is -0.474 e. The number of likely N-dealkylation sites (tertiary alicyclic amines) is 1. The highest BCUT2D eigenvalue weighted by atomic mass is 32.1. The molecule has 0 bridgehead atoms. The molecule has 0 saturated carbocycles. The van der Waals surface area contributed by atoms with Crippen molar-refractivity contribution in [1.82, 2.24) is 14.8 Å². The number of alkyl halides is 6. The summed E-state index contributed by atoms with van der Waals surface area (Å²) in [5, 5.41) is 14.4. The zero-order chi connectivity index (χ0) is 37.0. The van der Waals surface area contributed by atoms with Crippen LogP contribution in [0.3, 0.4) is 0 Å². The quantitative estimate of drug-likeness (QED) is 0.179. The second-order valence-electron chi connectivity index (χ2n) is 12.4. The number of aliphatic hydroxyl groups is 1. The van der Waals surface area contributed by atoms with E-state index in [1.807, 2.05) is 17.0 Å². The average molecular weight is 744 g/mol. The van der Waals surface area contributed by atoms with E-state index in [0.717, 1.165) is 29.5 Å². The summed E-state index contributed by atoms with van der Waals surface area (Å²) in [6.45, 7) is 2.83. The molecule has 2 aliphatic rings. The van der Waals surface area contributed by atoms with E-state index in [1.54, 1.807) is 19.1 Å². The lowest BCUT2D eigenvalue weighted by atomic mass is 9.79. The van der Waals surface area contributed by atoms with Crippen molar-refractivity contribution in [1.29, 1.82) is 0 Å². The third-order valence-corrected chi connectivity index (χ3v) is 9.97. The van der Waals surface area contributed by atoms with E-state index in [4.69, 9.17) is 9.47 Å². The van der Waals surface area contributed by atoms with Gasteiger partial charge in [-0.05, 0) is 31.0 Å². The maximum Gasteiger partial charge on any atom is 0.425 e. The van der Waals surface area contributed by atoms with Crippen LogP contribution in [0.15, 0.2) is 54.2 Å². The van der Waals surface area contributed by atoms with Crippen molar-refractivity contribution >= 4 is 34.5 Å². The lowest BCUT2D eigenvalue weighted by Gasteiger charge is -2.51. The van der Waals surface area contributed by atoms with Gasteiger partial charge in [0.05, 0.1) is 35.2 Å². The normalized spacial score (nSPS) is 20.6. The molecule has 2 fully saturated rings. The fraction of sp³-hybridized carbons (Fsp3) is 0.500. The number of anilines is 2. The Kier molecular flexibility index (Phi) is 11.7. The molecule has 278 valence electrons. The Morgan fingerprint density at radius 1 is 1.08 bits per heavy atom. The zero-order valence-electron chi connectivity index (χ0n) is 28.0. The Balaban J connectivity index is 1.48. The van der Waals surface area contributed by atoms with Crippen LogP contribution >= 0.6 is 11.3 Å². The van der Waals surface area contributed by atoms with Crippen LogP contribution < -0.4 is 15.0 Å². The van der Waals surface area contributed by atoms with Gasteiger partial charge in [0.2, 0.25) is 5.60 Å². The van der Waals surface area contributed by atoms with Gasteiger partial charge in [0.15, 0.2) is 0 Å². The maximum atomic E-state index is 14.8. The monoisotopic (exact) mass is 743 g/mol. The summed E-state index contributed by atoms with van der Waals surface area (Å²) in [7, 11) is 1.46. The van der Waals surface area contributed by atoms with E-state index < -0.39 is 58.0 Å². The predicted molar refractivity (Wildman–Crippen MR) is 178 cm³/mol. The third-order valence-electron chi connectivity index (χ3n) is 9.02. The van der Waals surface area contributed by atoms with E-state index in [-0.39, 0.29) is 51.3 Å². The molecule has 0 radical (unpaired) electrons. The fourth-order valence-corrected chi connectivity index (χ4v) is 7.45. The van der Waals surface area contributed by atoms with Gasteiger partial charge in [0, 0.05) is 70.1 Å². The molecule has 10 nitrogen and oxygen atoms in total. The largest absolute Gasteiger partial charge is 0.474 e. The Hall–Kier alpha value is -4.09. The first kappa shape index (κ1) is 38.1. The molecule has 4 heterocycles. The SMILES string of the molecule is CCC[C@H]1N(C(=O)c2cnccc2C(F)(F)F)CCC[C@@]1(Oc1csc(C(F)(F)F)c1)C(=O)N1CCN(c2ccccc2NC(O)COC)CC1. The molecular weight excluding hydrogens is 704 g/mol. The minimum atomic E-state index is -4.87. The van der Waals surface area contributed by atoms with Crippen molar-refractivity contribution in [3.05, 3.63) is 70.2 Å². The molecule has 2 amide bonds. The van der Waals surface area contributed by atoms with Gasteiger partial charge in [-0.1, -0.05) is 25.5 Å². The molecule has 3 atom stereocenters. The second kappa shape index (κ2) is 15.7. The summed E-state index contributed by atoms with van der Waals surface area (Å²) in [5.41, 5.74) is -2.38. The Labute approximate surface area is 294 Å². The van der Waals surface area contributed by atoms with Crippen molar-refractivity contribution in [2.45, 2.75) is 62.8 Å². The summed E-state index contributed by atoms with van der Waals surface area (Å²) >= 11 is 0.394. The zero-order valence-corrected chi connectivity index (χ0v) is 28.8. The molecule has 17 heteroatoms. The van der Waals surface area contributed by atoms with Crippen LogP contribution in [0.1, 0.15) is 53.4 Å². The molecule has 1 unspecified atom stereocenters. The number of nitrogens with zero attached hydrogens (tertiary/aromatic N) is 4. The number of rotatable bonds is 11. The molecular formula is C34H39F6N5O5S. The number of benzene rings is 1. The van der Waals surface area contributed by atoms with Gasteiger partial charge in [-0.3, -0.25) is 14.6 Å². The highest BCUT2D eigenvalue weighted by molar-refractivity contribution is 7.10. The van der Waals surface area contributed by atoms with Crippen LogP contribution in [0.4, 0.5) is 37.7 Å². The van der Waals surface area contributed by atoms with E-state index >= 15 is 0 Å². The first-order valence-electron chi connectivity index (χ1n) is 16.4. The summed E-state index contributed by atoms with van der Waals surface area (Å²) in [6, 6.07) is 7.66. The predicted octanol–water partition coefficient (Wildman–Crippen LogP) is 6.13. The standard InChI is InChI=1S/C34H39F6N5O5S/c1-3-7-27-32(50-22-18-28(51-21-22)34(38,39)40,11-6-13-45(27)30(47)23-19-41-12-10-24(23)33(35,36)37)31(48)44-16-14-43(15-17-44)26-9-5-4-8-25(26)42-29(46)20-49-2/h4-5,8-10,12,18-19,21,27,29,42,46H,3,6-7,11,13-17,20H2,1-2H3/t27-,29?,32+/m1/s1. The van der Waals surface area contributed by atoms with Crippen LogP contribution in [0, 0.1) is 0 Å². The van der Waals surface area contributed by atoms with E-state index in [1.165, 1.54) is 16.9 Å². The molecule has 1 aromatic carbocycles. The molecule has 2 aliphatic heterocycles. The number of carbonyl (C=O) groups excluding carboxylic acids is 2. The van der Waals surface area contributed by atoms with Gasteiger partial charge in [-0.2, -0.15) is 26.3 Å². The molecule has 51 heavy (non-hydrogen) atoms. The maximum absolute atomic E-state index is 14.8. The fourth-order valence-electron chi connectivity index (χ4n) is 6.77. The van der Waals surface area contributed by atoms with Crippen molar-refractivity contribution in [3.63, 3.8) is 0 Å². The van der Waals surface area contributed by atoms with Crippen LogP contribution in [0.5, 0.6) is 5.75 Å². The number of carbonyl (C=O) groups is 2. The van der Waals surface area contributed by atoms with Gasteiger partial charge in [0.1, 0.15) is 16.9 Å². The molecule has 3 aromatic rings. The number of halogens is 6. The average Bonchev–Trinajstić information content (AvgIpc) is 3.58. The van der Waals surface area contributed by atoms with Gasteiger partial charge >= 0.3 is 12.4 Å². The molecule has 2 saturated heterocycles. The number of pyridine rings is 1. The van der Waals surface area contributed by atoms with Crippen molar-refractivity contribution in [2.24, 2.45) is 0 Å². The topological polar surface area (TPSA) is 107 Å². The number of amides is 2. The number of aliphatic hydroxyl groups excluding tert-OH is 1. The number of aromatic nitrogens is 1. The number of hydrogen-bond acceptors (Lipinski definition) is 9. The van der Waals surface area contributed by atoms with Gasteiger partial charge < -0.3 is 34.6 Å². The minimum absolute atomic E-state index is 0.00198. The molecule has 5 rings (SSSR count). The number of hydrogen-bond donors (Lipinski definition) is 2. The number of nitrogens with one attached hydrogen (secondary N) is 1. The van der Waals surface area contributed by atoms with Crippen molar-refractivity contribution < 1.29 is 50.5 Å². The smallest absolute Gasteiger partial charge is 0.425 e. The third kappa shape index (κ3) is 8.36. The number of ether oxygens (including phenoxy) is 2. The molecule has 2 N–H and O–H groups in total. The van der Waals surface area contributed by atoms with Gasteiger partial charge in [-0.15, -0.1) is 11.3 Å². The van der Waals surface area contributed by atoms with E-state index in [0.29, 0.717) is 42.6 Å². The number of methoxy groups -OCH3 is 1. The lowest BCUT2D eigenvalue weighted by molar-refractivity contribution is -0.159. The number of thiophene rings is 1. The van der Waals surface area contributed by atoms with Gasteiger partial charge in [-0.25, -0.2) is 0 Å². The van der Waals surface area contributed by atoms with Crippen LogP contribution in [0.2, 0.25) is 0 Å². The molecule has 2 aromatic heterocycles. The molecule has 0 spiro atoms. The van der Waals surface area contributed by atoms with Crippen molar-refractivity contribution in [2.75, 3.05) is 56.7 Å². The van der Waals surface area contributed by atoms with Crippen LogP contribution in [0.25, 0.3) is 0 Å². The summed E-state index contributed by atoms with van der Waals surface area (Å²) in [4.78, 5) is 36.3. The van der Waals surface area contributed by atoms with Crippen LogP contribution in [-0.2, 0) is 21.9 Å². The second-order valence-corrected chi connectivity index (χ2v) is 13.3. The Bertz CT molecular complexity index is 1660. The highest BCUT2D eigenvalue weighted by Crippen LogP contribution is 2.43. The van der Waals surface area contributed by atoms with E-state index in [9.17, 15) is 41.0 Å². The first-order valence-corrected chi connectivity index (χ1v) is 17.3. The highest BCUT2D eigenvalue weighted by Gasteiger charge is 2.56. The lowest BCUT2D eigenvalue weighted by Crippen LogP contribution is -2.69. The summed E-state index contributed by atoms with van der Waals surface area (Å²) in [6.07, 6.45) is -8.09. The number of piperidine rings is 1. The van der Waals surface area contributed by atoms with E-state index in [2.05, 4.69) is 10.3 Å². The summed E-state index contributed by atoms with van der Waals surface area (Å²) in [5.74, 6) is -1.79. The van der Waals surface area contributed by atoms with Gasteiger partial charge in [0.25, 0.3) is 11.8 Å². The number of para-hydroxylation sites is 2. The first-order chi connectivity index (χ1) is 24.2. The Morgan fingerprint density at radius 2 is 1.80 bits per heavy atom. The Morgan fingerprint density at radius 3 is 2.45 bits per heavy atom. The van der Waals surface area contributed by atoms with Crippen molar-refractivity contribution in [3.8, 4) is 5.75 Å².